The van der Waals surface area contributed by atoms with E-state index in [0.717, 1.165) is 42.3 Å². The van der Waals surface area contributed by atoms with Crippen LogP contribution in [0, 0.1) is 5.82 Å². The first-order chi connectivity index (χ1) is 12.2. The van der Waals surface area contributed by atoms with Crippen molar-refractivity contribution in [3.8, 4) is 0 Å². The summed E-state index contributed by atoms with van der Waals surface area (Å²) in [5, 5.41) is 3.22. The van der Waals surface area contributed by atoms with Crippen LogP contribution in [0.5, 0.6) is 0 Å². The second-order valence-electron chi connectivity index (χ2n) is 6.71. The van der Waals surface area contributed by atoms with Gasteiger partial charge in [0.15, 0.2) is 0 Å². The van der Waals surface area contributed by atoms with Crippen LogP contribution in [0.3, 0.4) is 0 Å². The molecule has 0 unspecified atom stereocenters. The summed E-state index contributed by atoms with van der Waals surface area (Å²) in [6.07, 6.45) is 5.59. The lowest BCUT2D eigenvalue weighted by Gasteiger charge is -2.31. The molecule has 1 fully saturated rings. The number of carbonyl (C=O) groups is 1. The molecule has 4 rings (SSSR count). The molecule has 0 radical (unpaired) electrons. The zero-order chi connectivity index (χ0) is 17.3. The van der Waals surface area contributed by atoms with E-state index in [1.165, 1.54) is 12.1 Å². The summed E-state index contributed by atoms with van der Waals surface area (Å²) < 4.78 is 15.1. The molecule has 0 bridgehead atoms. The molecule has 1 aliphatic rings. The molecule has 4 nitrogen and oxygen atoms in total. The Hall–Kier alpha value is -2.69. The molecule has 2 aromatic carbocycles. The van der Waals surface area contributed by atoms with E-state index in [2.05, 4.69) is 10.3 Å². The quantitative estimate of drug-likeness (QED) is 0.788. The van der Waals surface area contributed by atoms with Crippen molar-refractivity contribution in [2.24, 2.45) is 0 Å². The van der Waals surface area contributed by atoms with Crippen molar-refractivity contribution in [2.75, 3.05) is 0 Å². The fourth-order valence-corrected chi connectivity index (χ4v) is 3.83. The van der Waals surface area contributed by atoms with E-state index < -0.39 is 0 Å². The van der Waals surface area contributed by atoms with Crippen LogP contribution in [0.4, 0.5) is 4.39 Å². The van der Waals surface area contributed by atoms with Gasteiger partial charge in [0.2, 0.25) is 5.91 Å². The lowest BCUT2D eigenvalue weighted by atomic mass is 9.88. The average Bonchev–Trinajstić information content (AvgIpc) is 3.24. The van der Waals surface area contributed by atoms with Gasteiger partial charge < -0.3 is 9.88 Å². The molecule has 1 N–H and O–H groups in total. The Bertz CT molecular complexity index is 895. The van der Waals surface area contributed by atoms with E-state index >= 15 is 0 Å². The Labute approximate surface area is 145 Å². The molecule has 0 saturated heterocycles. The average molecular weight is 337 g/mol. The van der Waals surface area contributed by atoms with Crippen LogP contribution < -0.4 is 5.32 Å². The van der Waals surface area contributed by atoms with Crippen LogP contribution in [0.2, 0.25) is 0 Å². The third-order valence-electron chi connectivity index (χ3n) is 5.07. The van der Waals surface area contributed by atoms with E-state index in [0.29, 0.717) is 0 Å². The van der Waals surface area contributed by atoms with Crippen molar-refractivity contribution in [1.82, 2.24) is 14.9 Å². The van der Waals surface area contributed by atoms with Crippen LogP contribution >= 0.6 is 0 Å². The first-order valence-corrected chi connectivity index (χ1v) is 8.63. The van der Waals surface area contributed by atoms with E-state index in [-0.39, 0.29) is 23.8 Å². The van der Waals surface area contributed by atoms with Gasteiger partial charge in [0, 0.05) is 0 Å². The van der Waals surface area contributed by atoms with Gasteiger partial charge in [-0.25, -0.2) is 9.37 Å². The number of rotatable bonds is 4. The zero-order valence-corrected chi connectivity index (χ0v) is 13.9. The Morgan fingerprint density at radius 1 is 1.12 bits per heavy atom. The standard InChI is InChI=1S/C20H20FN3O/c21-16-9-7-15(8-10-16)20(11-3-4-12-20)23-19(25)13-24-14-22-17-5-1-2-6-18(17)24/h1-2,5-10,14H,3-4,11-13H2,(H,23,25). The lowest BCUT2D eigenvalue weighted by Crippen LogP contribution is -2.45. The van der Waals surface area contributed by atoms with Gasteiger partial charge in [-0.1, -0.05) is 37.1 Å². The predicted molar refractivity (Wildman–Crippen MR) is 94.4 cm³/mol. The summed E-state index contributed by atoms with van der Waals surface area (Å²) in [5.41, 5.74) is 2.42. The Morgan fingerprint density at radius 3 is 2.60 bits per heavy atom. The maximum absolute atomic E-state index is 13.3. The van der Waals surface area contributed by atoms with Gasteiger partial charge in [0.25, 0.3) is 0 Å². The summed E-state index contributed by atoms with van der Waals surface area (Å²) in [6.45, 7) is 0.226. The van der Waals surface area contributed by atoms with Crippen molar-refractivity contribution >= 4 is 16.9 Å². The zero-order valence-electron chi connectivity index (χ0n) is 13.9. The van der Waals surface area contributed by atoms with E-state index in [9.17, 15) is 9.18 Å². The summed E-state index contributed by atoms with van der Waals surface area (Å²) in [6, 6.07) is 14.3. The molecule has 3 aromatic rings. The first-order valence-electron chi connectivity index (χ1n) is 8.63. The number of hydrogen-bond acceptors (Lipinski definition) is 2. The highest BCUT2D eigenvalue weighted by atomic mass is 19.1. The maximum atomic E-state index is 13.3. The van der Waals surface area contributed by atoms with Crippen LogP contribution in [0.15, 0.2) is 54.9 Å². The minimum Gasteiger partial charge on any atom is -0.345 e. The summed E-state index contributed by atoms with van der Waals surface area (Å²) in [4.78, 5) is 17.1. The number of imidazole rings is 1. The smallest absolute Gasteiger partial charge is 0.240 e. The van der Waals surface area contributed by atoms with Gasteiger partial charge in [-0.05, 0) is 42.7 Å². The SMILES string of the molecule is O=C(Cn1cnc2ccccc21)NC1(c2ccc(F)cc2)CCCC1. The number of aromatic nitrogens is 2. The molecule has 1 aromatic heterocycles. The lowest BCUT2D eigenvalue weighted by molar-refractivity contribution is -0.123. The number of fused-ring (bicyclic) bond motifs is 1. The van der Waals surface area contributed by atoms with Gasteiger partial charge in [-0.3, -0.25) is 4.79 Å². The highest BCUT2D eigenvalue weighted by molar-refractivity contribution is 5.81. The van der Waals surface area contributed by atoms with Crippen molar-refractivity contribution in [3.63, 3.8) is 0 Å². The third-order valence-corrected chi connectivity index (χ3v) is 5.07. The van der Waals surface area contributed by atoms with Crippen molar-refractivity contribution in [3.05, 3.63) is 66.2 Å². The fourth-order valence-electron chi connectivity index (χ4n) is 3.83. The highest BCUT2D eigenvalue weighted by Crippen LogP contribution is 2.38. The molecule has 128 valence electrons. The van der Waals surface area contributed by atoms with Gasteiger partial charge in [-0.2, -0.15) is 0 Å². The molecule has 0 spiro atoms. The second kappa shape index (κ2) is 6.31. The minimum absolute atomic E-state index is 0.0469. The maximum Gasteiger partial charge on any atom is 0.240 e. The monoisotopic (exact) mass is 337 g/mol. The Morgan fingerprint density at radius 2 is 1.84 bits per heavy atom. The van der Waals surface area contributed by atoms with Gasteiger partial charge in [0.1, 0.15) is 12.4 Å². The third kappa shape index (κ3) is 3.02. The van der Waals surface area contributed by atoms with E-state index in [4.69, 9.17) is 0 Å². The van der Waals surface area contributed by atoms with E-state index in [1.54, 1.807) is 18.5 Å². The number of nitrogens with one attached hydrogen (secondary N) is 1. The number of benzene rings is 2. The summed E-state index contributed by atoms with van der Waals surface area (Å²) in [7, 11) is 0. The van der Waals surface area contributed by atoms with Gasteiger partial charge >= 0.3 is 0 Å². The number of carbonyl (C=O) groups excluding carboxylic acids is 1. The van der Waals surface area contributed by atoms with Crippen molar-refractivity contribution in [1.29, 1.82) is 0 Å². The number of hydrogen-bond donors (Lipinski definition) is 1. The molecular weight excluding hydrogens is 317 g/mol. The van der Waals surface area contributed by atoms with Gasteiger partial charge in [0.05, 0.1) is 22.9 Å². The summed E-state index contributed by atoms with van der Waals surface area (Å²) in [5.74, 6) is -0.303. The fraction of sp³-hybridized carbons (Fsp3) is 0.300. The molecule has 0 atom stereocenters. The van der Waals surface area contributed by atoms with E-state index in [1.807, 2.05) is 28.8 Å². The Balaban J connectivity index is 1.56. The molecule has 1 saturated carbocycles. The number of halogens is 1. The second-order valence-corrected chi connectivity index (χ2v) is 6.71. The van der Waals surface area contributed by atoms with Gasteiger partial charge in [-0.15, -0.1) is 0 Å². The van der Waals surface area contributed by atoms with Crippen LogP contribution in [-0.4, -0.2) is 15.5 Å². The highest BCUT2D eigenvalue weighted by Gasteiger charge is 2.37. The molecule has 1 heterocycles. The number of amides is 1. The summed E-state index contributed by atoms with van der Waals surface area (Å²) >= 11 is 0. The molecular formula is C20H20FN3O. The van der Waals surface area contributed by atoms with Crippen LogP contribution in [0.1, 0.15) is 31.2 Å². The number of nitrogens with zero attached hydrogens (tertiary/aromatic N) is 2. The normalized spacial score (nSPS) is 16.2. The molecule has 1 aliphatic carbocycles. The molecule has 25 heavy (non-hydrogen) atoms. The Kier molecular flexibility index (Phi) is 3.99. The molecule has 1 amide bonds. The largest absolute Gasteiger partial charge is 0.345 e. The first kappa shape index (κ1) is 15.8. The molecule has 0 aliphatic heterocycles. The number of para-hydroxylation sites is 2. The minimum atomic E-state index is -0.388. The van der Waals surface area contributed by atoms with Crippen LogP contribution in [0.25, 0.3) is 11.0 Å². The van der Waals surface area contributed by atoms with Crippen LogP contribution in [-0.2, 0) is 16.9 Å². The van der Waals surface area contributed by atoms with Crippen molar-refractivity contribution < 1.29 is 9.18 Å². The topological polar surface area (TPSA) is 46.9 Å². The van der Waals surface area contributed by atoms with Crippen molar-refractivity contribution in [2.45, 2.75) is 37.8 Å². The predicted octanol–water partition coefficient (Wildman–Crippen LogP) is 3.76. The molecule has 5 heteroatoms.